The topological polar surface area (TPSA) is 33.3 Å². The molecule has 0 spiro atoms. The van der Waals surface area contributed by atoms with Crippen molar-refractivity contribution in [1.82, 2.24) is 10.6 Å². The fraction of sp³-hybridized carbons (Fsp3) is 0.684. The van der Waals surface area contributed by atoms with E-state index >= 15 is 0 Å². The Bertz CT molecular complexity index is 485. The van der Waals surface area contributed by atoms with Gasteiger partial charge in [-0.2, -0.15) is 0 Å². The minimum Gasteiger partial charge on any atom is -0.379 e. The molecule has 2 N–H and O–H groups in total. The van der Waals surface area contributed by atoms with Gasteiger partial charge in [0.1, 0.15) is 0 Å². The summed E-state index contributed by atoms with van der Waals surface area (Å²) in [6.45, 7) is 10.4. The van der Waals surface area contributed by atoms with E-state index in [-0.39, 0.29) is 0 Å². The van der Waals surface area contributed by atoms with Gasteiger partial charge in [0.05, 0.1) is 13.2 Å². The van der Waals surface area contributed by atoms with Crippen LogP contribution in [0.1, 0.15) is 41.5 Å². The Morgan fingerprint density at radius 2 is 1.95 bits per heavy atom. The van der Waals surface area contributed by atoms with Crippen LogP contribution in [-0.4, -0.2) is 31.8 Å². The van der Waals surface area contributed by atoms with Crippen LogP contribution in [0.3, 0.4) is 0 Å². The molecule has 1 saturated carbocycles. The quantitative estimate of drug-likeness (QED) is 0.897. The lowest BCUT2D eigenvalue weighted by molar-refractivity contribution is 0.0524. The van der Waals surface area contributed by atoms with Gasteiger partial charge in [-0.1, -0.05) is 24.1 Å². The molecule has 1 aliphatic heterocycles. The number of morpholine rings is 1. The van der Waals surface area contributed by atoms with E-state index in [1.54, 1.807) is 0 Å². The second kappa shape index (κ2) is 7.12. The summed E-state index contributed by atoms with van der Waals surface area (Å²) in [6.07, 6.45) is 3.96. The van der Waals surface area contributed by atoms with Gasteiger partial charge in [-0.25, -0.2) is 0 Å². The van der Waals surface area contributed by atoms with Gasteiger partial charge in [0.25, 0.3) is 0 Å². The molecule has 0 bridgehead atoms. The normalized spacial score (nSPS) is 29.0. The molecular weight excluding hydrogens is 272 g/mol. The highest BCUT2D eigenvalue weighted by Gasteiger charge is 2.34. The first-order chi connectivity index (χ1) is 10.6. The summed E-state index contributed by atoms with van der Waals surface area (Å²) in [5, 5.41) is 7.51. The van der Waals surface area contributed by atoms with E-state index in [4.69, 9.17) is 4.74 Å². The number of ether oxygens (including phenoxy) is 1. The third-order valence-electron chi connectivity index (χ3n) is 5.42. The van der Waals surface area contributed by atoms with E-state index in [1.807, 2.05) is 0 Å². The second-order valence-corrected chi connectivity index (χ2v) is 7.09. The predicted molar refractivity (Wildman–Crippen MR) is 91.2 cm³/mol. The van der Waals surface area contributed by atoms with Crippen molar-refractivity contribution in [3.8, 4) is 0 Å². The Morgan fingerprint density at radius 3 is 2.64 bits per heavy atom. The van der Waals surface area contributed by atoms with Gasteiger partial charge in [0.2, 0.25) is 0 Å². The second-order valence-electron chi connectivity index (χ2n) is 7.09. The van der Waals surface area contributed by atoms with Crippen LogP contribution in [0.4, 0.5) is 0 Å². The number of aryl methyl sites for hydroxylation is 3. The van der Waals surface area contributed by atoms with E-state index in [0.717, 1.165) is 26.3 Å². The van der Waals surface area contributed by atoms with Gasteiger partial charge in [-0.3, -0.25) is 0 Å². The first-order valence-electron chi connectivity index (χ1n) is 8.76. The molecule has 0 radical (unpaired) electrons. The van der Waals surface area contributed by atoms with Gasteiger partial charge >= 0.3 is 0 Å². The lowest BCUT2D eigenvalue weighted by Gasteiger charge is -2.33. The molecule has 3 heteroatoms. The summed E-state index contributed by atoms with van der Waals surface area (Å²) >= 11 is 0. The molecule has 2 fully saturated rings. The van der Waals surface area contributed by atoms with Crippen LogP contribution < -0.4 is 10.6 Å². The van der Waals surface area contributed by atoms with Crippen molar-refractivity contribution in [2.24, 2.45) is 5.92 Å². The van der Waals surface area contributed by atoms with Crippen LogP contribution >= 0.6 is 0 Å². The van der Waals surface area contributed by atoms with Gasteiger partial charge in [-0.15, -0.1) is 0 Å². The number of benzene rings is 1. The summed E-state index contributed by atoms with van der Waals surface area (Å²) in [5.74, 6) is 0.714. The fourth-order valence-corrected chi connectivity index (χ4v) is 4.31. The van der Waals surface area contributed by atoms with E-state index < -0.39 is 0 Å². The summed E-state index contributed by atoms with van der Waals surface area (Å²) in [6, 6.07) is 5.76. The number of nitrogens with one attached hydrogen (secondary N) is 2. The minimum absolute atomic E-state index is 0.536. The van der Waals surface area contributed by atoms with Crippen LogP contribution in [0.25, 0.3) is 0 Å². The van der Waals surface area contributed by atoms with E-state index in [0.29, 0.717) is 18.0 Å². The highest BCUT2D eigenvalue weighted by Crippen LogP contribution is 2.30. The minimum atomic E-state index is 0.536. The van der Waals surface area contributed by atoms with E-state index in [9.17, 15) is 0 Å². The van der Waals surface area contributed by atoms with Gasteiger partial charge < -0.3 is 15.4 Å². The smallest absolute Gasteiger partial charge is 0.0623 e. The molecule has 22 heavy (non-hydrogen) atoms. The fourth-order valence-electron chi connectivity index (χ4n) is 4.31. The lowest BCUT2D eigenvalue weighted by atomic mass is 9.93. The summed E-state index contributed by atoms with van der Waals surface area (Å²) < 4.78 is 5.67. The van der Waals surface area contributed by atoms with Crippen LogP contribution in [0.5, 0.6) is 0 Å². The molecule has 2 aliphatic rings. The third-order valence-corrected chi connectivity index (χ3v) is 5.42. The molecule has 1 aromatic carbocycles. The molecule has 3 unspecified atom stereocenters. The maximum absolute atomic E-state index is 5.67. The van der Waals surface area contributed by atoms with Gasteiger partial charge in [0, 0.05) is 25.2 Å². The van der Waals surface area contributed by atoms with E-state index in [2.05, 4.69) is 43.5 Å². The van der Waals surface area contributed by atoms with Crippen molar-refractivity contribution in [3.63, 3.8) is 0 Å². The van der Waals surface area contributed by atoms with Crippen molar-refractivity contribution in [2.75, 3.05) is 19.8 Å². The lowest BCUT2D eigenvalue weighted by Crippen LogP contribution is -2.50. The Balaban J connectivity index is 1.63. The summed E-state index contributed by atoms with van der Waals surface area (Å²) in [7, 11) is 0. The molecule has 1 aromatic rings. The van der Waals surface area contributed by atoms with Crippen LogP contribution in [-0.2, 0) is 11.3 Å². The van der Waals surface area contributed by atoms with Crippen LogP contribution in [0.15, 0.2) is 12.1 Å². The average molecular weight is 302 g/mol. The standard InChI is InChI=1S/C19H30N2O/c1-13-9-14(2)17(15(3)10-13)11-21-18-6-4-5-16(18)19-12-22-8-7-20-19/h9-10,16,18-21H,4-8,11-12H2,1-3H3. The van der Waals surface area contributed by atoms with Crippen LogP contribution in [0.2, 0.25) is 0 Å². The Morgan fingerprint density at radius 1 is 1.18 bits per heavy atom. The molecule has 0 amide bonds. The molecule has 122 valence electrons. The zero-order chi connectivity index (χ0) is 15.5. The van der Waals surface area contributed by atoms with Crippen molar-refractivity contribution in [1.29, 1.82) is 0 Å². The molecule has 3 nitrogen and oxygen atoms in total. The predicted octanol–water partition coefficient (Wildman–Crippen LogP) is 2.86. The molecule has 1 aliphatic carbocycles. The molecule has 1 saturated heterocycles. The highest BCUT2D eigenvalue weighted by atomic mass is 16.5. The van der Waals surface area contributed by atoms with Crippen molar-refractivity contribution >= 4 is 0 Å². The number of hydrogen-bond acceptors (Lipinski definition) is 3. The SMILES string of the molecule is Cc1cc(C)c(CNC2CCCC2C2COCCN2)c(C)c1. The van der Waals surface area contributed by atoms with Gasteiger partial charge in [0.15, 0.2) is 0 Å². The third kappa shape index (κ3) is 3.53. The first kappa shape index (κ1) is 16.0. The number of rotatable bonds is 4. The summed E-state index contributed by atoms with van der Waals surface area (Å²) in [5.41, 5.74) is 5.67. The monoisotopic (exact) mass is 302 g/mol. The maximum atomic E-state index is 5.67. The van der Waals surface area contributed by atoms with Crippen molar-refractivity contribution in [3.05, 3.63) is 34.4 Å². The molecule has 3 atom stereocenters. The average Bonchev–Trinajstić information content (AvgIpc) is 2.95. The Labute approximate surface area is 134 Å². The first-order valence-corrected chi connectivity index (χ1v) is 8.76. The summed E-state index contributed by atoms with van der Waals surface area (Å²) in [4.78, 5) is 0. The molecule has 0 aromatic heterocycles. The Hall–Kier alpha value is -0.900. The van der Waals surface area contributed by atoms with Crippen molar-refractivity contribution < 1.29 is 4.74 Å². The van der Waals surface area contributed by atoms with Crippen molar-refractivity contribution in [2.45, 2.75) is 58.7 Å². The number of hydrogen-bond donors (Lipinski definition) is 2. The molecule has 3 rings (SSSR count). The van der Waals surface area contributed by atoms with Crippen LogP contribution in [0, 0.1) is 26.7 Å². The Kier molecular flexibility index (Phi) is 5.17. The maximum Gasteiger partial charge on any atom is 0.0623 e. The molecular formula is C19H30N2O. The highest BCUT2D eigenvalue weighted by molar-refractivity contribution is 5.37. The largest absolute Gasteiger partial charge is 0.379 e. The van der Waals surface area contributed by atoms with Gasteiger partial charge in [-0.05, 0) is 56.2 Å². The zero-order valence-electron chi connectivity index (χ0n) is 14.2. The molecule has 1 heterocycles. The zero-order valence-corrected chi connectivity index (χ0v) is 14.2. The van der Waals surface area contributed by atoms with E-state index in [1.165, 1.54) is 41.5 Å².